The lowest BCUT2D eigenvalue weighted by molar-refractivity contribution is -0.126. The first-order chi connectivity index (χ1) is 16.2. The molecule has 2 aromatic carbocycles. The zero-order valence-corrected chi connectivity index (χ0v) is 20.5. The summed E-state index contributed by atoms with van der Waals surface area (Å²) in [5.74, 6) is 0.344. The van der Waals surface area contributed by atoms with Gasteiger partial charge in [0.15, 0.2) is 0 Å². The molecule has 0 aliphatic carbocycles. The van der Waals surface area contributed by atoms with Crippen molar-refractivity contribution in [2.24, 2.45) is 13.0 Å². The zero-order chi connectivity index (χ0) is 24.0. The predicted octanol–water partition coefficient (Wildman–Crippen LogP) is 2.50. The normalized spacial score (nSPS) is 15.8. The first-order valence-electron chi connectivity index (χ1n) is 11.0. The van der Waals surface area contributed by atoms with E-state index in [-0.39, 0.29) is 34.7 Å². The number of carbonyl (C=O) groups excluding carboxylic acids is 1. The van der Waals surface area contributed by atoms with E-state index in [0.29, 0.717) is 35.4 Å². The molecule has 9 nitrogen and oxygen atoms in total. The van der Waals surface area contributed by atoms with Crippen LogP contribution < -0.4 is 10.2 Å². The number of rotatable bonds is 5. The third-order valence-electron chi connectivity index (χ3n) is 6.34. The molecular weight excluding hydrogens is 474 g/mol. The molecule has 2 aromatic heterocycles. The Hall–Kier alpha value is -3.02. The minimum atomic E-state index is -3.70. The Balaban J connectivity index is 1.21. The van der Waals surface area contributed by atoms with E-state index in [9.17, 15) is 18.0 Å². The predicted molar refractivity (Wildman–Crippen MR) is 131 cm³/mol. The van der Waals surface area contributed by atoms with Gasteiger partial charge in [-0.1, -0.05) is 17.4 Å². The maximum atomic E-state index is 13.2. The van der Waals surface area contributed by atoms with Crippen LogP contribution in [0.5, 0.6) is 0 Å². The first-order valence-corrected chi connectivity index (χ1v) is 13.3. The molecule has 1 aliphatic rings. The van der Waals surface area contributed by atoms with Crippen LogP contribution in [0.1, 0.15) is 24.2 Å². The van der Waals surface area contributed by atoms with E-state index in [1.807, 2.05) is 25.1 Å². The van der Waals surface area contributed by atoms with Gasteiger partial charge in [-0.3, -0.25) is 9.59 Å². The molecule has 5 rings (SSSR count). The second kappa shape index (κ2) is 8.64. The van der Waals surface area contributed by atoms with Gasteiger partial charge in [0.25, 0.3) is 0 Å². The second-order valence-electron chi connectivity index (χ2n) is 8.66. The van der Waals surface area contributed by atoms with Gasteiger partial charge in [0.2, 0.25) is 15.9 Å². The van der Waals surface area contributed by atoms with Crippen LogP contribution in [0.15, 0.2) is 46.1 Å². The number of sulfonamides is 1. The molecule has 1 amide bonds. The number of H-pyrrole nitrogens is 1. The summed E-state index contributed by atoms with van der Waals surface area (Å²) in [6.07, 6.45) is 0.899. The van der Waals surface area contributed by atoms with Gasteiger partial charge in [-0.25, -0.2) is 13.4 Å². The minimum Gasteiger partial charge on any atom is -0.349 e. The van der Waals surface area contributed by atoms with Crippen LogP contribution in [0, 0.1) is 12.8 Å². The van der Waals surface area contributed by atoms with Crippen molar-refractivity contribution in [1.82, 2.24) is 24.2 Å². The highest BCUT2D eigenvalue weighted by atomic mass is 32.2. The molecule has 3 heterocycles. The van der Waals surface area contributed by atoms with Crippen molar-refractivity contribution in [1.29, 1.82) is 0 Å². The number of nitrogens with one attached hydrogen (secondary N) is 2. The number of aryl methyl sites for hydroxylation is 2. The molecule has 1 aliphatic heterocycles. The number of thiazole rings is 1. The average molecular weight is 500 g/mol. The summed E-state index contributed by atoms with van der Waals surface area (Å²) in [5.41, 5.74) is 3.63. The molecule has 4 aromatic rings. The Kier molecular flexibility index (Phi) is 5.78. The highest BCUT2D eigenvalue weighted by Gasteiger charge is 2.32. The lowest BCUT2D eigenvalue weighted by Crippen LogP contribution is -2.42. The summed E-state index contributed by atoms with van der Waals surface area (Å²) in [4.78, 5) is 32.3. The van der Waals surface area contributed by atoms with E-state index in [2.05, 4.69) is 15.3 Å². The summed E-state index contributed by atoms with van der Waals surface area (Å²) in [6.45, 7) is 2.85. The van der Waals surface area contributed by atoms with Gasteiger partial charge in [-0.05, 0) is 55.7 Å². The van der Waals surface area contributed by atoms with Gasteiger partial charge in [-0.2, -0.15) is 4.31 Å². The first kappa shape index (κ1) is 22.8. The van der Waals surface area contributed by atoms with Crippen molar-refractivity contribution >= 4 is 48.5 Å². The van der Waals surface area contributed by atoms with Crippen LogP contribution in [-0.2, 0) is 28.4 Å². The highest BCUT2D eigenvalue weighted by Crippen LogP contribution is 2.27. The smallest absolute Gasteiger partial charge is 0.307 e. The van der Waals surface area contributed by atoms with Gasteiger partial charge < -0.3 is 14.9 Å². The lowest BCUT2D eigenvalue weighted by Gasteiger charge is -2.30. The van der Waals surface area contributed by atoms with Gasteiger partial charge >= 0.3 is 4.87 Å². The largest absolute Gasteiger partial charge is 0.349 e. The molecule has 0 spiro atoms. The van der Waals surface area contributed by atoms with Crippen molar-refractivity contribution in [2.45, 2.75) is 31.2 Å². The average Bonchev–Trinajstić information content (AvgIpc) is 3.36. The summed E-state index contributed by atoms with van der Waals surface area (Å²) < 4.78 is 29.9. The number of aromatic amines is 1. The molecule has 1 saturated heterocycles. The third kappa shape index (κ3) is 4.15. The number of benzene rings is 2. The topological polar surface area (TPSA) is 117 Å². The van der Waals surface area contributed by atoms with Crippen LogP contribution in [-0.4, -0.2) is 46.3 Å². The molecule has 0 bridgehead atoms. The molecule has 11 heteroatoms. The minimum absolute atomic E-state index is 0.0934. The summed E-state index contributed by atoms with van der Waals surface area (Å²) >= 11 is 1.03. The standard InChI is InChI=1S/C23H25N5O4S2/c1-14-3-5-17-18(11-14)26-21(25-17)13-24-22(29)15-7-9-28(10-8-15)34(31,32)16-4-6-19-20(12-16)33-23(30)27(19)2/h3-6,11-12,15H,7-10,13H2,1-2H3,(H,24,29)(H,25,26). The van der Waals surface area contributed by atoms with Crippen LogP contribution >= 0.6 is 11.3 Å². The van der Waals surface area contributed by atoms with E-state index in [1.54, 1.807) is 19.2 Å². The van der Waals surface area contributed by atoms with Gasteiger partial charge in [-0.15, -0.1) is 0 Å². The maximum Gasteiger partial charge on any atom is 0.307 e. The van der Waals surface area contributed by atoms with Gasteiger partial charge in [0.1, 0.15) is 5.82 Å². The maximum absolute atomic E-state index is 13.2. The number of piperidine rings is 1. The Morgan fingerprint density at radius 3 is 2.74 bits per heavy atom. The van der Waals surface area contributed by atoms with E-state index in [4.69, 9.17) is 0 Å². The van der Waals surface area contributed by atoms with Crippen LogP contribution in [0.25, 0.3) is 21.3 Å². The monoisotopic (exact) mass is 499 g/mol. The molecule has 0 radical (unpaired) electrons. The fraction of sp³-hybridized carbons (Fsp3) is 0.348. The van der Waals surface area contributed by atoms with Crippen LogP contribution in [0.2, 0.25) is 0 Å². The van der Waals surface area contributed by atoms with Gasteiger partial charge in [0, 0.05) is 26.1 Å². The Labute approximate surface area is 200 Å². The van der Waals surface area contributed by atoms with Crippen LogP contribution in [0.3, 0.4) is 0 Å². The number of carbonyl (C=O) groups is 1. The molecule has 34 heavy (non-hydrogen) atoms. The summed E-state index contributed by atoms with van der Waals surface area (Å²) in [6, 6.07) is 10.7. The SMILES string of the molecule is Cc1ccc2nc(CNC(=O)C3CCN(S(=O)(=O)c4ccc5c(c4)sc(=O)n5C)CC3)[nH]c2c1. The molecule has 2 N–H and O–H groups in total. The number of hydrogen-bond acceptors (Lipinski definition) is 6. The molecular formula is C23H25N5O4S2. The number of hydrogen-bond donors (Lipinski definition) is 2. The van der Waals surface area contributed by atoms with Crippen molar-refractivity contribution < 1.29 is 13.2 Å². The Morgan fingerprint density at radius 1 is 1.21 bits per heavy atom. The fourth-order valence-corrected chi connectivity index (χ4v) is 6.85. The van der Waals surface area contributed by atoms with Crippen molar-refractivity contribution in [3.63, 3.8) is 0 Å². The molecule has 178 valence electrons. The van der Waals surface area contributed by atoms with E-state index >= 15 is 0 Å². The number of nitrogens with zero attached hydrogens (tertiary/aromatic N) is 3. The lowest BCUT2D eigenvalue weighted by atomic mass is 9.97. The quantitative estimate of drug-likeness (QED) is 0.438. The third-order valence-corrected chi connectivity index (χ3v) is 9.23. The fourth-order valence-electron chi connectivity index (χ4n) is 4.36. The zero-order valence-electron chi connectivity index (χ0n) is 18.9. The van der Waals surface area contributed by atoms with Crippen LogP contribution in [0.4, 0.5) is 0 Å². The summed E-state index contributed by atoms with van der Waals surface area (Å²) in [5, 5.41) is 2.93. The van der Waals surface area contributed by atoms with E-state index in [0.717, 1.165) is 27.9 Å². The number of imidazole rings is 1. The van der Waals surface area contributed by atoms with Gasteiger partial charge in [0.05, 0.1) is 32.7 Å². The van der Waals surface area contributed by atoms with E-state index in [1.165, 1.54) is 14.9 Å². The van der Waals surface area contributed by atoms with E-state index < -0.39 is 10.0 Å². The molecule has 0 atom stereocenters. The molecule has 0 saturated carbocycles. The number of fused-ring (bicyclic) bond motifs is 2. The molecule has 0 unspecified atom stereocenters. The second-order valence-corrected chi connectivity index (χ2v) is 11.6. The Bertz CT molecular complexity index is 1560. The Morgan fingerprint density at radius 2 is 1.97 bits per heavy atom. The molecule has 1 fully saturated rings. The van der Waals surface area contributed by atoms with Crippen molar-refractivity contribution in [3.8, 4) is 0 Å². The van der Waals surface area contributed by atoms with Crippen molar-refractivity contribution in [3.05, 3.63) is 57.5 Å². The van der Waals surface area contributed by atoms with Crippen molar-refractivity contribution in [2.75, 3.05) is 13.1 Å². The number of aromatic nitrogens is 3. The summed E-state index contributed by atoms with van der Waals surface area (Å²) in [7, 11) is -2.03. The number of amides is 1. The highest BCUT2D eigenvalue weighted by molar-refractivity contribution is 7.89.